The molecule has 1 fully saturated rings. The molecule has 1 aliphatic rings. The third-order valence-electron chi connectivity index (χ3n) is 4.60. The van der Waals surface area contributed by atoms with Gasteiger partial charge in [-0.25, -0.2) is 13.1 Å². The van der Waals surface area contributed by atoms with E-state index in [1.54, 1.807) is 6.07 Å². The third-order valence-corrected chi connectivity index (χ3v) is 6.14. The van der Waals surface area contributed by atoms with Crippen LogP contribution >= 0.6 is 0 Å². The van der Waals surface area contributed by atoms with E-state index in [9.17, 15) is 8.42 Å². The summed E-state index contributed by atoms with van der Waals surface area (Å²) in [4.78, 5) is 0.407. The van der Waals surface area contributed by atoms with E-state index in [0.29, 0.717) is 18.0 Å². The second-order valence-corrected chi connectivity index (χ2v) is 7.73. The molecule has 0 unspecified atom stereocenters. The minimum atomic E-state index is -3.42. The Bertz CT molecular complexity index is 592. The van der Waals surface area contributed by atoms with E-state index in [1.807, 2.05) is 26.0 Å². The average Bonchev–Trinajstić information content (AvgIpc) is 3.25. The van der Waals surface area contributed by atoms with Gasteiger partial charge in [0.1, 0.15) is 0 Å². The molecule has 21 heavy (non-hydrogen) atoms. The van der Waals surface area contributed by atoms with E-state index in [4.69, 9.17) is 0 Å². The van der Waals surface area contributed by atoms with E-state index in [-0.39, 0.29) is 5.41 Å². The van der Waals surface area contributed by atoms with Crippen LogP contribution in [0, 0.1) is 12.3 Å². The lowest BCUT2D eigenvalue weighted by Gasteiger charge is -2.16. The van der Waals surface area contributed by atoms with Crippen molar-refractivity contribution in [2.45, 2.75) is 51.5 Å². The van der Waals surface area contributed by atoms with Crippen molar-refractivity contribution in [3.8, 4) is 0 Å². The van der Waals surface area contributed by atoms with Gasteiger partial charge in [-0.15, -0.1) is 0 Å². The van der Waals surface area contributed by atoms with Crippen molar-refractivity contribution < 1.29 is 8.42 Å². The minimum absolute atomic E-state index is 0.211. The van der Waals surface area contributed by atoms with Crippen molar-refractivity contribution in [1.29, 1.82) is 0 Å². The SMILES string of the molecule is CCNCc1cccc(S(=O)(=O)NCC2(CC)CC2)c1C. The normalized spacial score (nSPS) is 16.9. The molecule has 4 nitrogen and oxygen atoms in total. The molecule has 1 aromatic carbocycles. The summed E-state index contributed by atoms with van der Waals surface area (Å²) in [5, 5.41) is 3.24. The molecule has 0 aliphatic heterocycles. The number of hydrogen-bond donors (Lipinski definition) is 2. The van der Waals surface area contributed by atoms with Gasteiger partial charge in [0, 0.05) is 13.1 Å². The largest absolute Gasteiger partial charge is 0.313 e. The van der Waals surface area contributed by atoms with Crippen LogP contribution in [0.15, 0.2) is 23.1 Å². The first-order chi connectivity index (χ1) is 9.94. The molecule has 0 radical (unpaired) electrons. The second-order valence-electron chi connectivity index (χ2n) is 6.00. The van der Waals surface area contributed by atoms with Gasteiger partial charge in [0.05, 0.1) is 4.90 Å². The molecule has 0 heterocycles. The Kier molecular flexibility index (Phi) is 5.07. The van der Waals surface area contributed by atoms with Crippen molar-refractivity contribution in [2.75, 3.05) is 13.1 Å². The molecule has 1 saturated carbocycles. The lowest BCUT2D eigenvalue weighted by atomic mass is 10.1. The van der Waals surface area contributed by atoms with Gasteiger partial charge in [0.25, 0.3) is 0 Å². The Morgan fingerprint density at radius 2 is 1.95 bits per heavy atom. The van der Waals surface area contributed by atoms with Gasteiger partial charge >= 0.3 is 0 Å². The Morgan fingerprint density at radius 3 is 2.52 bits per heavy atom. The molecule has 2 rings (SSSR count). The summed E-state index contributed by atoms with van der Waals surface area (Å²) >= 11 is 0. The van der Waals surface area contributed by atoms with Gasteiger partial charge < -0.3 is 5.32 Å². The van der Waals surface area contributed by atoms with Crippen molar-refractivity contribution in [3.63, 3.8) is 0 Å². The van der Waals surface area contributed by atoms with Gasteiger partial charge in [-0.2, -0.15) is 0 Å². The molecule has 118 valence electrons. The summed E-state index contributed by atoms with van der Waals surface area (Å²) in [7, 11) is -3.42. The summed E-state index contributed by atoms with van der Waals surface area (Å²) in [5.74, 6) is 0. The van der Waals surface area contributed by atoms with Crippen LogP contribution in [-0.2, 0) is 16.6 Å². The number of nitrogens with one attached hydrogen (secondary N) is 2. The lowest BCUT2D eigenvalue weighted by Crippen LogP contribution is -2.30. The maximum atomic E-state index is 12.5. The fourth-order valence-electron chi connectivity index (χ4n) is 2.56. The Hall–Kier alpha value is -0.910. The highest BCUT2D eigenvalue weighted by molar-refractivity contribution is 7.89. The molecule has 2 N–H and O–H groups in total. The van der Waals surface area contributed by atoms with Crippen molar-refractivity contribution >= 4 is 10.0 Å². The predicted octanol–water partition coefficient (Wildman–Crippen LogP) is 2.57. The van der Waals surface area contributed by atoms with Crippen molar-refractivity contribution in [2.24, 2.45) is 5.41 Å². The van der Waals surface area contributed by atoms with E-state index in [0.717, 1.165) is 36.9 Å². The van der Waals surface area contributed by atoms with Crippen molar-refractivity contribution in [1.82, 2.24) is 10.0 Å². The van der Waals surface area contributed by atoms with E-state index < -0.39 is 10.0 Å². The lowest BCUT2D eigenvalue weighted by molar-refractivity contribution is 0.475. The molecular weight excluding hydrogens is 284 g/mol. The van der Waals surface area contributed by atoms with Gasteiger partial charge in [0.15, 0.2) is 0 Å². The molecule has 0 bridgehead atoms. The highest BCUT2D eigenvalue weighted by Crippen LogP contribution is 2.48. The summed E-state index contributed by atoms with van der Waals surface area (Å²) in [5.41, 5.74) is 2.09. The molecule has 1 aliphatic carbocycles. The molecule has 0 spiro atoms. The van der Waals surface area contributed by atoms with Gasteiger partial charge in [0.2, 0.25) is 10.0 Å². The first kappa shape index (κ1) is 16.5. The number of hydrogen-bond acceptors (Lipinski definition) is 3. The van der Waals surface area contributed by atoms with E-state index in [1.165, 1.54) is 0 Å². The van der Waals surface area contributed by atoms with Gasteiger partial charge in [-0.05, 0) is 55.3 Å². The van der Waals surface area contributed by atoms with Crippen LogP contribution in [-0.4, -0.2) is 21.5 Å². The maximum absolute atomic E-state index is 12.5. The molecular formula is C16H26N2O2S. The van der Waals surface area contributed by atoms with Crippen molar-refractivity contribution in [3.05, 3.63) is 29.3 Å². The average molecular weight is 310 g/mol. The van der Waals surface area contributed by atoms with Crippen LogP contribution in [0.5, 0.6) is 0 Å². The van der Waals surface area contributed by atoms with Crippen LogP contribution in [0.4, 0.5) is 0 Å². The highest BCUT2D eigenvalue weighted by atomic mass is 32.2. The predicted molar refractivity (Wildman–Crippen MR) is 85.7 cm³/mol. The van der Waals surface area contributed by atoms with Crippen LogP contribution in [0.25, 0.3) is 0 Å². The standard InChI is InChI=1S/C16H26N2O2S/c1-4-16(9-10-16)12-18-21(19,20)15-8-6-7-14(13(15)3)11-17-5-2/h6-8,17-18H,4-5,9-12H2,1-3H3. The molecule has 0 aromatic heterocycles. The molecule has 0 amide bonds. The van der Waals surface area contributed by atoms with Crippen LogP contribution < -0.4 is 10.0 Å². The van der Waals surface area contributed by atoms with Gasteiger partial charge in [-0.3, -0.25) is 0 Å². The van der Waals surface area contributed by atoms with E-state index >= 15 is 0 Å². The summed E-state index contributed by atoms with van der Waals surface area (Å²) in [6.45, 7) is 8.18. The first-order valence-electron chi connectivity index (χ1n) is 7.73. The maximum Gasteiger partial charge on any atom is 0.240 e. The fraction of sp³-hybridized carbons (Fsp3) is 0.625. The summed E-state index contributed by atoms with van der Waals surface area (Å²) in [6.07, 6.45) is 3.30. The first-order valence-corrected chi connectivity index (χ1v) is 9.21. The smallest absolute Gasteiger partial charge is 0.240 e. The topological polar surface area (TPSA) is 58.2 Å². The number of sulfonamides is 1. The number of rotatable bonds is 8. The Morgan fingerprint density at radius 1 is 1.24 bits per heavy atom. The zero-order chi connectivity index (χ0) is 15.5. The van der Waals surface area contributed by atoms with Crippen LogP contribution in [0.2, 0.25) is 0 Å². The summed E-state index contributed by atoms with van der Waals surface area (Å²) in [6, 6.07) is 5.49. The third kappa shape index (κ3) is 3.84. The van der Waals surface area contributed by atoms with E-state index in [2.05, 4.69) is 17.0 Å². The summed E-state index contributed by atoms with van der Waals surface area (Å²) < 4.78 is 27.9. The zero-order valence-corrected chi connectivity index (χ0v) is 14.0. The number of benzene rings is 1. The van der Waals surface area contributed by atoms with Gasteiger partial charge in [-0.1, -0.05) is 26.0 Å². The zero-order valence-electron chi connectivity index (χ0n) is 13.2. The molecule has 5 heteroatoms. The fourth-order valence-corrected chi connectivity index (χ4v) is 4.00. The Balaban J connectivity index is 2.15. The second kappa shape index (κ2) is 6.46. The monoisotopic (exact) mass is 310 g/mol. The highest BCUT2D eigenvalue weighted by Gasteiger charge is 2.41. The van der Waals surface area contributed by atoms with Crippen LogP contribution in [0.3, 0.4) is 0 Å². The minimum Gasteiger partial charge on any atom is -0.313 e. The van der Waals surface area contributed by atoms with Crippen LogP contribution in [0.1, 0.15) is 44.2 Å². The molecule has 0 saturated heterocycles. The molecule has 0 atom stereocenters. The quantitative estimate of drug-likeness (QED) is 0.776. The Labute approximate surface area is 128 Å². The molecule has 1 aromatic rings.